The first-order valence-corrected chi connectivity index (χ1v) is 7.07. The van der Waals surface area contributed by atoms with E-state index in [0.717, 1.165) is 30.6 Å². The highest BCUT2D eigenvalue weighted by Crippen LogP contribution is 2.28. The first kappa shape index (κ1) is 14.5. The van der Waals surface area contributed by atoms with Gasteiger partial charge in [0, 0.05) is 18.8 Å². The molecule has 0 aliphatic heterocycles. The lowest BCUT2D eigenvalue weighted by atomic mass is 10.1. The average Bonchev–Trinajstić information content (AvgIpc) is 2.50. The predicted octanol–water partition coefficient (Wildman–Crippen LogP) is 4.22. The van der Waals surface area contributed by atoms with Crippen molar-refractivity contribution in [2.75, 3.05) is 11.4 Å². The topological polar surface area (TPSA) is 29.3 Å². The van der Waals surface area contributed by atoms with Crippen molar-refractivity contribution in [3.05, 3.63) is 59.9 Å². The minimum atomic E-state index is -0.215. The molecule has 0 bridgehead atoms. The predicted molar refractivity (Wildman–Crippen MR) is 82.6 cm³/mol. The third-order valence-electron chi connectivity index (χ3n) is 3.34. The second-order valence-electron chi connectivity index (χ2n) is 4.83. The minimum absolute atomic E-state index is 0.215. The van der Waals surface area contributed by atoms with Crippen LogP contribution in [0.25, 0.3) is 0 Å². The van der Waals surface area contributed by atoms with Gasteiger partial charge >= 0.3 is 0 Å². The van der Waals surface area contributed by atoms with E-state index in [1.807, 2.05) is 47.4 Å². The Morgan fingerprint density at radius 1 is 1.10 bits per heavy atom. The van der Waals surface area contributed by atoms with Gasteiger partial charge in [0.2, 0.25) is 0 Å². The van der Waals surface area contributed by atoms with Gasteiger partial charge < -0.3 is 10.6 Å². The molecular formula is C17H21FN2. The van der Waals surface area contributed by atoms with Crippen molar-refractivity contribution in [2.45, 2.75) is 26.3 Å². The number of anilines is 2. The number of para-hydroxylation sites is 1. The van der Waals surface area contributed by atoms with Crippen molar-refractivity contribution in [2.24, 2.45) is 5.73 Å². The first-order valence-electron chi connectivity index (χ1n) is 7.07. The zero-order valence-corrected chi connectivity index (χ0v) is 11.8. The van der Waals surface area contributed by atoms with Gasteiger partial charge in [-0.3, -0.25) is 0 Å². The van der Waals surface area contributed by atoms with E-state index in [1.165, 1.54) is 6.07 Å². The van der Waals surface area contributed by atoms with E-state index in [0.29, 0.717) is 12.2 Å². The summed E-state index contributed by atoms with van der Waals surface area (Å²) in [7, 11) is 0. The van der Waals surface area contributed by atoms with Gasteiger partial charge in [-0.15, -0.1) is 0 Å². The van der Waals surface area contributed by atoms with Crippen LogP contribution in [-0.4, -0.2) is 6.54 Å². The quantitative estimate of drug-likeness (QED) is 0.853. The number of halogens is 1. The third kappa shape index (κ3) is 3.36. The summed E-state index contributed by atoms with van der Waals surface area (Å²) in [6, 6.07) is 15.2. The van der Waals surface area contributed by atoms with Gasteiger partial charge in [0.1, 0.15) is 5.82 Å². The highest BCUT2D eigenvalue weighted by molar-refractivity contribution is 5.64. The fourth-order valence-corrected chi connectivity index (χ4v) is 2.21. The molecule has 0 radical (unpaired) electrons. The Labute approximate surface area is 120 Å². The summed E-state index contributed by atoms with van der Waals surface area (Å²) in [6.45, 7) is 3.30. The minimum Gasteiger partial charge on any atom is -0.339 e. The lowest BCUT2D eigenvalue weighted by molar-refractivity contribution is 0.620. The summed E-state index contributed by atoms with van der Waals surface area (Å²) in [5, 5.41) is 0. The van der Waals surface area contributed by atoms with Crippen LogP contribution < -0.4 is 10.6 Å². The van der Waals surface area contributed by atoms with Crippen LogP contribution >= 0.6 is 0 Å². The van der Waals surface area contributed by atoms with Crippen molar-refractivity contribution in [1.29, 1.82) is 0 Å². The number of nitrogens with two attached hydrogens (primary N) is 1. The highest BCUT2D eigenvalue weighted by Gasteiger charge is 2.13. The Hall–Kier alpha value is -1.87. The Kier molecular flexibility index (Phi) is 5.13. The van der Waals surface area contributed by atoms with E-state index in [1.54, 1.807) is 0 Å². The second-order valence-corrected chi connectivity index (χ2v) is 4.83. The SMILES string of the molecule is CCCCN(c1ccccc1)c1ccc(CN)cc1F. The van der Waals surface area contributed by atoms with Crippen LogP contribution in [0.2, 0.25) is 0 Å². The van der Waals surface area contributed by atoms with E-state index in [4.69, 9.17) is 5.73 Å². The molecular weight excluding hydrogens is 251 g/mol. The Morgan fingerprint density at radius 2 is 1.85 bits per heavy atom. The Morgan fingerprint density at radius 3 is 2.45 bits per heavy atom. The molecule has 2 nitrogen and oxygen atoms in total. The zero-order valence-electron chi connectivity index (χ0n) is 11.8. The molecule has 0 heterocycles. The number of rotatable bonds is 6. The van der Waals surface area contributed by atoms with Gasteiger partial charge in [0.25, 0.3) is 0 Å². The molecule has 0 fully saturated rings. The molecule has 0 atom stereocenters. The summed E-state index contributed by atoms with van der Waals surface area (Å²) in [4.78, 5) is 2.03. The maximum absolute atomic E-state index is 14.3. The molecule has 2 aromatic rings. The van der Waals surface area contributed by atoms with Crippen LogP contribution in [0.4, 0.5) is 15.8 Å². The van der Waals surface area contributed by atoms with Gasteiger partial charge in [-0.25, -0.2) is 4.39 Å². The third-order valence-corrected chi connectivity index (χ3v) is 3.34. The van der Waals surface area contributed by atoms with E-state index in [-0.39, 0.29) is 5.82 Å². The smallest absolute Gasteiger partial charge is 0.147 e. The number of hydrogen-bond acceptors (Lipinski definition) is 2. The lowest BCUT2D eigenvalue weighted by Crippen LogP contribution is -2.19. The summed E-state index contributed by atoms with van der Waals surface area (Å²) >= 11 is 0. The number of unbranched alkanes of at least 4 members (excludes halogenated alkanes) is 1. The van der Waals surface area contributed by atoms with Crippen LogP contribution in [-0.2, 0) is 6.54 Å². The number of nitrogens with zero attached hydrogens (tertiary/aromatic N) is 1. The molecule has 2 aromatic carbocycles. The van der Waals surface area contributed by atoms with Gasteiger partial charge in [-0.2, -0.15) is 0 Å². The van der Waals surface area contributed by atoms with Crippen LogP contribution in [0.15, 0.2) is 48.5 Å². The molecule has 2 rings (SSSR count). The van der Waals surface area contributed by atoms with Crippen LogP contribution in [0.5, 0.6) is 0 Å². The summed E-state index contributed by atoms with van der Waals surface area (Å²) in [6.07, 6.45) is 2.10. The fraction of sp³-hybridized carbons (Fsp3) is 0.294. The van der Waals surface area contributed by atoms with E-state index in [2.05, 4.69) is 6.92 Å². The molecule has 0 aliphatic carbocycles. The Bertz CT molecular complexity index is 540. The Balaban J connectivity index is 2.36. The second kappa shape index (κ2) is 7.06. The van der Waals surface area contributed by atoms with Crippen LogP contribution in [0.3, 0.4) is 0 Å². The van der Waals surface area contributed by atoms with Gasteiger partial charge in [-0.1, -0.05) is 37.6 Å². The molecule has 0 aromatic heterocycles. The first-order chi connectivity index (χ1) is 9.76. The number of benzene rings is 2. The van der Waals surface area contributed by atoms with Gasteiger partial charge in [-0.05, 0) is 36.2 Å². The maximum Gasteiger partial charge on any atom is 0.147 e. The molecule has 2 N–H and O–H groups in total. The molecule has 0 saturated carbocycles. The molecule has 0 saturated heterocycles. The average molecular weight is 272 g/mol. The zero-order chi connectivity index (χ0) is 14.4. The van der Waals surface area contributed by atoms with Crippen LogP contribution in [0, 0.1) is 5.82 Å². The van der Waals surface area contributed by atoms with E-state index in [9.17, 15) is 4.39 Å². The summed E-state index contributed by atoms with van der Waals surface area (Å²) in [5.41, 5.74) is 8.00. The molecule has 0 amide bonds. The summed E-state index contributed by atoms with van der Waals surface area (Å²) in [5.74, 6) is -0.215. The van der Waals surface area contributed by atoms with Crippen molar-refractivity contribution < 1.29 is 4.39 Å². The van der Waals surface area contributed by atoms with Crippen molar-refractivity contribution in [3.63, 3.8) is 0 Å². The van der Waals surface area contributed by atoms with Gasteiger partial charge in [0.05, 0.1) is 5.69 Å². The molecule has 0 unspecified atom stereocenters. The highest BCUT2D eigenvalue weighted by atomic mass is 19.1. The lowest BCUT2D eigenvalue weighted by Gasteiger charge is -2.25. The monoisotopic (exact) mass is 272 g/mol. The van der Waals surface area contributed by atoms with Crippen molar-refractivity contribution >= 4 is 11.4 Å². The van der Waals surface area contributed by atoms with E-state index < -0.39 is 0 Å². The van der Waals surface area contributed by atoms with E-state index >= 15 is 0 Å². The largest absolute Gasteiger partial charge is 0.339 e. The normalized spacial score (nSPS) is 10.6. The molecule has 3 heteroatoms. The standard InChI is InChI=1S/C17H21FN2/c1-2-3-11-20(15-7-5-4-6-8-15)17-10-9-14(13-19)12-16(17)18/h4-10,12H,2-3,11,13,19H2,1H3. The maximum atomic E-state index is 14.3. The molecule has 20 heavy (non-hydrogen) atoms. The van der Waals surface area contributed by atoms with Crippen molar-refractivity contribution in [1.82, 2.24) is 0 Å². The molecule has 106 valence electrons. The molecule has 0 spiro atoms. The number of hydrogen-bond donors (Lipinski definition) is 1. The van der Waals surface area contributed by atoms with Gasteiger partial charge in [0.15, 0.2) is 0 Å². The van der Waals surface area contributed by atoms with Crippen LogP contribution in [0.1, 0.15) is 25.3 Å². The van der Waals surface area contributed by atoms with Crippen molar-refractivity contribution in [3.8, 4) is 0 Å². The fourth-order valence-electron chi connectivity index (χ4n) is 2.21. The summed E-state index contributed by atoms with van der Waals surface area (Å²) < 4.78 is 14.3. The molecule has 0 aliphatic rings.